The maximum Gasteiger partial charge on any atom is 0.122 e. The SMILES string of the molecule is COc1cc(C)cc(C)c1CCN(C)CS. The lowest BCUT2D eigenvalue weighted by atomic mass is 10.0. The van der Waals surface area contributed by atoms with Gasteiger partial charge in [0.15, 0.2) is 0 Å². The van der Waals surface area contributed by atoms with Crippen molar-refractivity contribution in [1.29, 1.82) is 0 Å². The van der Waals surface area contributed by atoms with Crippen LogP contribution in [0.2, 0.25) is 0 Å². The van der Waals surface area contributed by atoms with E-state index in [0.717, 1.165) is 24.6 Å². The molecule has 3 heteroatoms. The van der Waals surface area contributed by atoms with E-state index in [2.05, 4.69) is 50.6 Å². The van der Waals surface area contributed by atoms with Crippen LogP contribution in [0.25, 0.3) is 0 Å². The first-order chi connectivity index (χ1) is 7.58. The summed E-state index contributed by atoms with van der Waals surface area (Å²) in [6, 6.07) is 4.31. The van der Waals surface area contributed by atoms with Gasteiger partial charge in [-0.3, -0.25) is 4.90 Å². The lowest BCUT2D eigenvalue weighted by Crippen LogP contribution is -2.19. The Hall–Kier alpha value is -0.670. The number of hydrogen-bond donors (Lipinski definition) is 1. The van der Waals surface area contributed by atoms with E-state index in [0.29, 0.717) is 0 Å². The van der Waals surface area contributed by atoms with Crippen molar-refractivity contribution in [3.8, 4) is 5.75 Å². The molecule has 0 saturated heterocycles. The Morgan fingerprint density at radius 1 is 1.31 bits per heavy atom. The lowest BCUT2D eigenvalue weighted by molar-refractivity contribution is 0.383. The summed E-state index contributed by atoms with van der Waals surface area (Å²) in [5.41, 5.74) is 3.87. The Labute approximate surface area is 104 Å². The highest BCUT2D eigenvalue weighted by atomic mass is 32.1. The van der Waals surface area contributed by atoms with Crippen molar-refractivity contribution in [1.82, 2.24) is 4.90 Å². The van der Waals surface area contributed by atoms with Crippen LogP contribution >= 0.6 is 12.6 Å². The molecule has 0 saturated carbocycles. The van der Waals surface area contributed by atoms with Gasteiger partial charge in [-0.05, 0) is 50.1 Å². The minimum atomic E-state index is 0.785. The molecule has 2 nitrogen and oxygen atoms in total. The molecule has 16 heavy (non-hydrogen) atoms. The van der Waals surface area contributed by atoms with E-state index < -0.39 is 0 Å². The zero-order chi connectivity index (χ0) is 12.1. The van der Waals surface area contributed by atoms with Gasteiger partial charge in [-0.15, -0.1) is 0 Å². The van der Waals surface area contributed by atoms with E-state index in [4.69, 9.17) is 4.74 Å². The van der Waals surface area contributed by atoms with Crippen LogP contribution in [0.3, 0.4) is 0 Å². The summed E-state index contributed by atoms with van der Waals surface area (Å²) in [5.74, 6) is 1.79. The van der Waals surface area contributed by atoms with E-state index in [-0.39, 0.29) is 0 Å². The molecule has 1 rings (SSSR count). The van der Waals surface area contributed by atoms with E-state index in [1.54, 1.807) is 7.11 Å². The quantitative estimate of drug-likeness (QED) is 0.626. The first-order valence-corrected chi connectivity index (χ1v) is 6.15. The fraction of sp³-hybridized carbons (Fsp3) is 0.538. The van der Waals surface area contributed by atoms with Crippen molar-refractivity contribution in [2.75, 3.05) is 26.6 Å². The second-order valence-electron chi connectivity index (χ2n) is 4.23. The predicted octanol–water partition coefficient (Wildman–Crippen LogP) is 2.67. The average Bonchev–Trinajstić information content (AvgIpc) is 2.26. The van der Waals surface area contributed by atoms with Gasteiger partial charge in [-0.2, -0.15) is 12.6 Å². The van der Waals surface area contributed by atoms with Crippen LogP contribution in [-0.2, 0) is 6.42 Å². The molecule has 0 N–H and O–H groups in total. The molecule has 0 atom stereocenters. The summed E-state index contributed by atoms with van der Waals surface area (Å²) in [5, 5.41) is 0. The number of aryl methyl sites for hydroxylation is 2. The van der Waals surface area contributed by atoms with E-state index in [1.165, 1.54) is 16.7 Å². The molecule has 0 amide bonds. The van der Waals surface area contributed by atoms with Crippen molar-refractivity contribution < 1.29 is 4.74 Å². The average molecular weight is 239 g/mol. The summed E-state index contributed by atoms with van der Waals surface area (Å²) < 4.78 is 5.44. The maximum atomic E-state index is 5.44. The Morgan fingerprint density at radius 2 is 2.00 bits per heavy atom. The molecule has 0 aromatic heterocycles. The summed E-state index contributed by atoms with van der Waals surface area (Å²) in [7, 11) is 3.81. The molecular formula is C13H21NOS. The zero-order valence-corrected chi connectivity index (χ0v) is 11.5. The van der Waals surface area contributed by atoms with Crippen LogP contribution in [0, 0.1) is 13.8 Å². The minimum absolute atomic E-state index is 0.785. The van der Waals surface area contributed by atoms with E-state index >= 15 is 0 Å². The molecule has 0 aliphatic carbocycles. The molecule has 1 aromatic carbocycles. The smallest absolute Gasteiger partial charge is 0.122 e. The molecule has 0 bridgehead atoms. The zero-order valence-electron chi connectivity index (χ0n) is 10.6. The molecule has 0 aliphatic rings. The number of rotatable bonds is 5. The molecule has 1 aromatic rings. The highest BCUT2D eigenvalue weighted by Gasteiger charge is 2.08. The number of methoxy groups -OCH3 is 1. The second-order valence-corrected chi connectivity index (χ2v) is 4.52. The number of benzene rings is 1. The fourth-order valence-electron chi connectivity index (χ4n) is 1.83. The number of hydrogen-bond acceptors (Lipinski definition) is 3. The summed E-state index contributed by atoms with van der Waals surface area (Å²) in [6.07, 6.45) is 1.01. The third-order valence-corrected chi connectivity index (χ3v) is 3.26. The van der Waals surface area contributed by atoms with Crippen LogP contribution < -0.4 is 4.74 Å². The van der Waals surface area contributed by atoms with E-state index in [1.807, 2.05) is 0 Å². The summed E-state index contributed by atoms with van der Waals surface area (Å²) >= 11 is 4.25. The van der Waals surface area contributed by atoms with E-state index in [9.17, 15) is 0 Å². The van der Waals surface area contributed by atoms with Gasteiger partial charge >= 0.3 is 0 Å². The minimum Gasteiger partial charge on any atom is -0.496 e. The van der Waals surface area contributed by atoms with Gasteiger partial charge in [-0.1, -0.05) is 6.07 Å². The lowest BCUT2D eigenvalue weighted by Gasteiger charge is -2.17. The van der Waals surface area contributed by atoms with Gasteiger partial charge in [0.1, 0.15) is 5.75 Å². The largest absolute Gasteiger partial charge is 0.496 e. The van der Waals surface area contributed by atoms with Crippen LogP contribution in [0.15, 0.2) is 12.1 Å². The Kier molecular flexibility index (Phi) is 5.16. The van der Waals surface area contributed by atoms with Gasteiger partial charge in [0, 0.05) is 12.4 Å². The molecular weight excluding hydrogens is 218 g/mol. The molecule has 0 unspecified atom stereocenters. The molecule has 0 aliphatic heterocycles. The third-order valence-electron chi connectivity index (χ3n) is 2.78. The Bertz CT molecular complexity index is 352. The van der Waals surface area contributed by atoms with Gasteiger partial charge in [0.05, 0.1) is 7.11 Å². The monoisotopic (exact) mass is 239 g/mol. The van der Waals surface area contributed by atoms with Crippen LogP contribution in [0.5, 0.6) is 5.75 Å². The van der Waals surface area contributed by atoms with Gasteiger partial charge in [-0.25, -0.2) is 0 Å². The Morgan fingerprint density at radius 3 is 2.56 bits per heavy atom. The molecule has 90 valence electrons. The number of nitrogens with zero attached hydrogens (tertiary/aromatic N) is 1. The van der Waals surface area contributed by atoms with Crippen LogP contribution in [-0.4, -0.2) is 31.5 Å². The van der Waals surface area contributed by atoms with Crippen molar-refractivity contribution >= 4 is 12.6 Å². The highest BCUT2D eigenvalue weighted by Crippen LogP contribution is 2.24. The van der Waals surface area contributed by atoms with Crippen molar-refractivity contribution in [2.24, 2.45) is 0 Å². The number of thiol groups is 1. The fourth-order valence-corrected chi connectivity index (χ4v) is 1.98. The normalized spacial score (nSPS) is 10.9. The van der Waals surface area contributed by atoms with Gasteiger partial charge in [0.2, 0.25) is 0 Å². The summed E-state index contributed by atoms with van der Waals surface area (Å²) in [4.78, 5) is 2.18. The first-order valence-electron chi connectivity index (χ1n) is 5.52. The first kappa shape index (κ1) is 13.4. The Balaban J connectivity index is 2.85. The molecule has 0 heterocycles. The number of likely N-dealkylation sites (N-methyl/N-ethyl adjacent to an activating group) is 1. The topological polar surface area (TPSA) is 12.5 Å². The van der Waals surface area contributed by atoms with Crippen molar-refractivity contribution in [3.63, 3.8) is 0 Å². The van der Waals surface area contributed by atoms with Crippen LogP contribution in [0.4, 0.5) is 0 Å². The molecule has 0 radical (unpaired) electrons. The maximum absolute atomic E-state index is 5.44. The van der Waals surface area contributed by atoms with Crippen molar-refractivity contribution in [2.45, 2.75) is 20.3 Å². The predicted molar refractivity (Wildman–Crippen MR) is 72.7 cm³/mol. The molecule has 0 fully saturated rings. The van der Waals surface area contributed by atoms with Gasteiger partial charge < -0.3 is 4.74 Å². The van der Waals surface area contributed by atoms with Gasteiger partial charge in [0.25, 0.3) is 0 Å². The highest BCUT2D eigenvalue weighted by molar-refractivity contribution is 7.80. The standard InChI is InChI=1S/C13H21NOS/c1-10-7-11(2)12(13(8-10)15-4)5-6-14(3)9-16/h7-8,16H,5-6,9H2,1-4H3. The second kappa shape index (κ2) is 6.16. The number of ether oxygens (including phenoxy) is 1. The van der Waals surface area contributed by atoms with Crippen LogP contribution in [0.1, 0.15) is 16.7 Å². The molecule has 0 spiro atoms. The third kappa shape index (κ3) is 3.42. The summed E-state index contributed by atoms with van der Waals surface area (Å²) in [6.45, 7) is 5.24. The van der Waals surface area contributed by atoms with Crippen molar-refractivity contribution in [3.05, 3.63) is 28.8 Å².